The maximum Gasteiger partial charge on any atom is 0.255 e. The number of hydrogen-bond donors (Lipinski definition) is 3. The number of anilines is 1. The summed E-state index contributed by atoms with van der Waals surface area (Å²) in [7, 11) is 3.30. The van der Waals surface area contributed by atoms with Gasteiger partial charge in [-0.25, -0.2) is 4.68 Å². The van der Waals surface area contributed by atoms with Gasteiger partial charge < -0.3 is 20.9 Å². The van der Waals surface area contributed by atoms with Crippen LogP contribution in [0.25, 0.3) is 10.9 Å². The van der Waals surface area contributed by atoms with Crippen LogP contribution in [0.1, 0.15) is 39.6 Å². The van der Waals surface area contributed by atoms with Crippen LogP contribution in [-0.4, -0.2) is 75.5 Å². The van der Waals surface area contributed by atoms with Crippen LogP contribution in [0.5, 0.6) is 0 Å². The molecule has 36 heavy (non-hydrogen) atoms. The van der Waals surface area contributed by atoms with Gasteiger partial charge in [0.2, 0.25) is 0 Å². The van der Waals surface area contributed by atoms with Crippen molar-refractivity contribution in [3.8, 4) is 11.8 Å². The fourth-order valence-electron chi connectivity index (χ4n) is 4.60. The Morgan fingerprint density at radius 2 is 2.25 bits per heavy atom. The highest BCUT2D eigenvalue weighted by atomic mass is 35.5. The Kier molecular flexibility index (Phi) is 7.56. The summed E-state index contributed by atoms with van der Waals surface area (Å²) in [5.74, 6) is 5.78. The van der Waals surface area contributed by atoms with Crippen molar-refractivity contribution in [1.82, 2.24) is 24.9 Å². The van der Waals surface area contributed by atoms with Crippen LogP contribution in [0.2, 0.25) is 5.02 Å². The largest absolute Gasteiger partial charge is 0.383 e. The van der Waals surface area contributed by atoms with Crippen molar-refractivity contribution < 1.29 is 14.6 Å². The standard InChI is InChI=1S/C25H28ClN7O3/c1-5-22(34)32-12-16(9-17(32)13-36-4)33-25(28-3)23(24(27)35)20(31-33)7-6-15-8-21-18(10-19(15)26)14(2)11-29-30-21/h5,8,10-11,16-17,22,28,34H,1,9,12-13H2,2-4H3,(H2,27,35)/t16-,17+,22?/m0/s1. The van der Waals surface area contributed by atoms with E-state index >= 15 is 0 Å². The number of aliphatic hydroxyl groups is 1. The summed E-state index contributed by atoms with van der Waals surface area (Å²) in [6.45, 7) is 6.52. The van der Waals surface area contributed by atoms with Gasteiger partial charge in [-0.3, -0.25) is 9.69 Å². The molecule has 4 N–H and O–H groups in total. The maximum absolute atomic E-state index is 12.4. The van der Waals surface area contributed by atoms with Crippen LogP contribution in [0.3, 0.4) is 0 Å². The SMILES string of the molecule is C=CC(O)N1C[C@@H](n2nc(C#Cc3cc4nncc(C)c4cc3Cl)c(C(N)=O)c2NC)C[C@@H]1COC. The van der Waals surface area contributed by atoms with Gasteiger partial charge in [-0.05, 0) is 43.0 Å². The van der Waals surface area contributed by atoms with Crippen LogP contribution in [-0.2, 0) is 4.74 Å². The molecule has 0 saturated carbocycles. The van der Waals surface area contributed by atoms with E-state index in [9.17, 15) is 9.90 Å². The van der Waals surface area contributed by atoms with Gasteiger partial charge >= 0.3 is 0 Å². The number of rotatable bonds is 7. The molecule has 1 aliphatic rings. The third-order valence-corrected chi connectivity index (χ3v) is 6.64. The lowest BCUT2D eigenvalue weighted by atomic mass is 10.1. The van der Waals surface area contributed by atoms with E-state index in [1.807, 2.05) is 11.8 Å². The molecule has 0 spiro atoms. The molecule has 1 amide bonds. The van der Waals surface area contributed by atoms with Crippen LogP contribution in [0.15, 0.2) is 31.0 Å². The Balaban J connectivity index is 1.75. The average molecular weight is 510 g/mol. The second kappa shape index (κ2) is 10.6. The van der Waals surface area contributed by atoms with Crippen molar-refractivity contribution in [1.29, 1.82) is 0 Å². The Morgan fingerprint density at radius 1 is 1.47 bits per heavy atom. The Bertz CT molecular complexity index is 1380. The molecular weight excluding hydrogens is 482 g/mol. The molecule has 4 rings (SSSR count). The molecule has 11 heteroatoms. The third kappa shape index (κ3) is 4.79. The molecule has 1 saturated heterocycles. The highest BCUT2D eigenvalue weighted by Gasteiger charge is 2.38. The van der Waals surface area contributed by atoms with Crippen LogP contribution in [0, 0.1) is 18.8 Å². The van der Waals surface area contributed by atoms with Gasteiger partial charge in [-0.1, -0.05) is 24.1 Å². The number of likely N-dealkylation sites (tertiary alicyclic amines) is 1. The Morgan fingerprint density at radius 3 is 2.92 bits per heavy atom. The summed E-state index contributed by atoms with van der Waals surface area (Å²) in [5, 5.41) is 27.6. The molecule has 10 nitrogen and oxygen atoms in total. The number of nitrogens with one attached hydrogen (secondary N) is 1. The summed E-state index contributed by atoms with van der Waals surface area (Å²) in [6.07, 6.45) is 2.94. The van der Waals surface area contributed by atoms with E-state index in [0.717, 1.165) is 10.9 Å². The zero-order chi connectivity index (χ0) is 26.0. The van der Waals surface area contributed by atoms with Gasteiger partial charge in [0.05, 0.1) is 29.4 Å². The Labute approximate surface area is 214 Å². The molecule has 1 aliphatic heterocycles. The molecule has 3 heterocycles. The number of nitrogens with two attached hydrogens (primary N) is 1. The summed E-state index contributed by atoms with van der Waals surface area (Å²) in [4.78, 5) is 14.3. The molecule has 3 aromatic rings. The summed E-state index contributed by atoms with van der Waals surface area (Å²) >= 11 is 6.49. The highest BCUT2D eigenvalue weighted by molar-refractivity contribution is 6.32. The highest BCUT2D eigenvalue weighted by Crippen LogP contribution is 2.33. The topological polar surface area (TPSA) is 131 Å². The lowest BCUT2D eigenvalue weighted by molar-refractivity contribution is 0.00605. The van der Waals surface area contributed by atoms with Crippen molar-refractivity contribution in [3.05, 3.63) is 58.4 Å². The molecule has 2 aromatic heterocycles. The maximum atomic E-state index is 12.4. The molecule has 1 fully saturated rings. The number of hydrogen-bond acceptors (Lipinski definition) is 8. The van der Waals surface area contributed by atoms with Gasteiger partial charge in [0.25, 0.3) is 5.91 Å². The van der Waals surface area contributed by atoms with Gasteiger partial charge in [0, 0.05) is 37.7 Å². The van der Waals surface area contributed by atoms with E-state index in [1.54, 1.807) is 37.2 Å². The lowest BCUT2D eigenvalue weighted by Gasteiger charge is -2.26. The molecule has 0 radical (unpaired) electrons. The van der Waals surface area contributed by atoms with Crippen molar-refractivity contribution >= 4 is 34.2 Å². The minimum Gasteiger partial charge on any atom is -0.383 e. The number of nitrogens with zero attached hydrogens (tertiary/aromatic N) is 5. The number of halogens is 1. The van der Waals surface area contributed by atoms with Gasteiger partial charge in [0.15, 0.2) is 5.69 Å². The predicted octanol–water partition coefficient (Wildman–Crippen LogP) is 2.09. The number of aryl methyl sites for hydroxylation is 1. The third-order valence-electron chi connectivity index (χ3n) is 6.33. The minimum atomic E-state index is -0.833. The van der Waals surface area contributed by atoms with Crippen LogP contribution < -0.4 is 11.1 Å². The van der Waals surface area contributed by atoms with Gasteiger partial charge in [0.1, 0.15) is 17.6 Å². The van der Waals surface area contributed by atoms with E-state index in [1.165, 1.54) is 6.08 Å². The number of aliphatic hydroxyl groups excluding tert-OH is 1. The number of aromatic nitrogens is 4. The van der Waals surface area contributed by atoms with E-state index < -0.39 is 12.1 Å². The molecule has 0 aliphatic carbocycles. The van der Waals surface area contributed by atoms with E-state index in [-0.39, 0.29) is 23.3 Å². The van der Waals surface area contributed by atoms with Gasteiger partial charge in [-0.15, -0.1) is 0 Å². The molecule has 1 unspecified atom stereocenters. The fourth-order valence-corrected chi connectivity index (χ4v) is 4.81. The molecule has 188 valence electrons. The molecule has 1 aromatic carbocycles. The van der Waals surface area contributed by atoms with Gasteiger partial charge in [-0.2, -0.15) is 15.3 Å². The second-order valence-corrected chi connectivity index (χ2v) is 9.01. The molecular formula is C25H28ClN7O3. The second-order valence-electron chi connectivity index (χ2n) is 8.60. The monoisotopic (exact) mass is 509 g/mol. The number of ether oxygens (including phenoxy) is 1. The summed E-state index contributed by atoms with van der Waals surface area (Å²) in [5.41, 5.74) is 8.29. The summed E-state index contributed by atoms with van der Waals surface area (Å²) < 4.78 is 7.05. The van der Waals surface area contributed by atoms with E-state index in [0.29, 0.717) is 41.5 Å². The van der Waals surface area contributed by atoms with Crippen molar-refractivity contribution in [2.24, 2.45) is 5.73 Å². The van der Waals surface area contributed by atoms with Crippen LogP contribution >= 0.6 is 11.6 Å². The quantitative estimate of drug-likeness (QED) is 0.326. The number of fused-ring (bicyclic) bond motifs is 1. The number of methoxy groups -OCH3 is 1. The van der Waals surface area contributed by atoms with Crippen molar-refractivity contribution in [2.75, 3.05) is 32.6 Å². The Hall–Kier alpha value is -3.49. The normalized spacial score (nSPS) is 18.6. The van der Waals surface area contributed by atoms with Crippen molar-refractivity contribution in [2.45, 2.75) is 31.7 Å². The lowest BCUT2D eigenvalue weighted by Crippen LogP contribution is -2.40. The first-order valence-electron chi connectivity index (χ1n) is 11.4. The van der Waals surface area contributed by atoms with Crippen LogP contribution in [0.4, 0.5) is 5.82 Å². The van der Waals surface area contributed by atoms with E-state index in [2.05, 4.69) is 39.0 Å². The fraction of sp³-hybridized carbons (Fsp3) is 0.360. The number of primary amides is 1. The number of benzene rings is 1. The zero-order valence-corrected chi connectivity index (χ0v) is 21.1. The molecule has 3 atom stereocenters. The van der Waals surface area contributed by atoms with E-state index in [4.69, 9.17) is 22.1 Å². The number of carbonyl (C=O) groups excluding carboxylic acids is 1. The average Bonchev–Trinajstić information content (AvgIpc) is 3.44. The first-order chi connectivity index (χ1) is 17.3. The first-order valence-corrected chi connectivity index (χ1v) is 11.8. The summed E-state index contributed by atoms with van der Waals surface area (Å²) in [6, 6.07) is 3.32. The van der Waals surface area contributed by atoms with Crippen molar-refractivity contribution in [3.63, 3.8) is 0 Å². The smallest absolute Gasteiger partial charge is 0.255 e. The minimum absolute atomic E-state index is 0.0607. The predicted molar refractivity (Wildman–Crippen MR) is 138 cm³/mol. The number of carbonyl (C=O) groups is 1. The number of amides is 1. The first kappa shape index (κ1) is 25.6. The zero-order valence-electron chi connectivity index (χ0n) is 20.3. The molecule has 0 bridgehead atoms.